The van der Waals surface area contributed by atoms with Crippen molar-refractivity contribution >= 4 is 0 Å². The van der Waals surface area contributed by atoms with Crippen LogP contribution in [-0.4, -0.2) is 27.2 Å². The SMILES string of the molecule is CNCCC/C1=C/C/C(CNC)=C(\C)CCC1. The van der Waals surface area contributed by atoms with Crippen LogP contribution in [0.1, 0.15) is 45.4 Å². The maximum absolute atomic E-state index is 3.29. The fourth-order valence-electron chi connectivity index (χ4n) is 2.46. The van der Waals surface area contributed by atoms with E-state index in [-0.39, 0.29) is 0 Å². The number of likely N-dealkylation sites (N-methyl/N-ethyl adjacent to an activating group) is 1. The van der Waals surface area contributed by atoms with E-state index in [4.69, 9.17) is 0 Å². The Balaban J connectivity index is 2.52. The van der Waals surface area contributed by atoms with E-state index in [1.54, 1.807) is 16.7 Å². The Morgan fingerprint density at radius 3 is 2.71 bits per heavy atom. The maximum Gasteiger partial charge on any atom is 0.0167 e. The molecule has 0 amide bonds. The maximum atomic E-state index is 3.29. The highest BCUT2D eigenvalue weighted by atomic mass is 14.8. The minimum Gasteiger partial charge on any atom is -0.320 e. The quantitative estimate of drug-likeness (QED) is 0.547. The van der Waals surface area contributed by atoms with Crippen molar-refractivity contribution in [2.24, 2.45) is 0 Å². The number of rotatable bonds is 6. The average molecular weight is 236 g/mol. The molecule has 0 bridgehead atoms. The van der Waals surface area contributed by atoms with E-state index < -0.39 is 0 Å². The van der Waals surface area contributed by atoms with Gasteiger partial charge >= 0.3 is 0 Å². The fraction of sp³-hybridized carbons (Fsp3) is 0.733. The van der Waals surface area contributed by atoms with Crippen LogP contribution >= 0.6 is 0 Å². The molecule has 0 aliphatic heterocycles. The minimum atomic E-state index is 1.05. The summed E-state index contributed by atoms with van der Waals surface area (Å²) >= 11 is 0. The second kappa shape index (κ2) is 8.48. The lowest BCUT2D eigenvalue weighted by atomic mass is 9.92. The van der Waals surface area contributed by atoms with Crippen LogP contribution in [0.4, 0.5) is 0 Å². The van der Waals surface area contributed by atoms with Crippen LogP contribution in [0.25, 0.3) is 0 Å². The second-order valence-electron chi connectivity index (χ2n) is 5.04. The molecule has 0 aromatic carbocycles. The molecule has 0 atom stereocenters. The predicted octanol–water partition coefficient (Wildman–Crippen LogP) is 3.02. The normalized spacial score (nSPS) is 25.0. The predicted molar refractivity (Wildman–Crippen MR) is 76.3 cm³/mol. The highest BCUT2D eigenvalue weighted by Gasteiger charge is 2.07. The molecule has 0 heterocycles. The standard InChI is InChI=1S/C15H28N2/c1-13-6-4-7-14(8-5-11-16-2)9-10-15(13)12-17-3/h9,16-17H,4-8,10-12H2,1-3H3/b14-9+,15-13-. The summed E-state index contributed by atoms with van der Waals surface area (Å²) in [7, 11) is 4.07. The Kier molecular flexibility index (Phi) is 7.22. The van der Waals surface area contributed by atoms with E-state index in [0.29, 0.717) is 0 Å². The second-order valence-corrected chi connectivity index (χ2v) is 5.04. The Morgan fingerprint density at radius 1 is 1.18 bits per heavy atom. The smallest absolute Gasteiger partial charge is 0.0167 e. The molecule has 0 radical (unpaired) electrons. The number of allylic oxidation sites excluding steroid dienone is 3. The highest BCUT2D eigenvalue weighted by Crippen LogP contribution is 2.24. The van der Waals surface area contributed by atoms with Crippen LogP contribution in [0.15, 0.2) is 22.8 Å². The summed E-state index contributed by atoms with van der Waals surface area (Å²) in [4.78, 5) is 0. The van der Waals surface area contributed by atoms with Gasteiger partial charge in [-0.05, 0) is 66.1 Å². The van der Waals surface area contributed by atoms with E-state index in [1.165, 1.54) is 32.1 Å². The molecule has 98 valence electrons. The molecule has 1 rings (SSSR count). The molecule has 1 aliphatic rings. The molecule has 0 aromatic heterocycles. The lowest BCUT2D eigenvalue weighted by Gasteiger charge is -2.16. The number of nitrogens with one attached hydrogen (secondary N) is 2. The molecule has 17 heavy (non-hydrogen) atoms. The van der Waals surface area contributed by atoms with Gasteiger partial charge < -0.3 is 10.6 Å². The molecule has 0 spiro atoms. The fourth-order valence-corrected chi connectivity index (χ4v) is 2.46. The van der Waals surface area contributed by atoms with Gasteiger partial charge in [0, 0.05) is 6.54 Å². The van der Waals surface area contributed by atoms with Crippen molar-refractivity contribution in [2.45, 2.75) is 45.4 Å². The Hall–Kier alpha value is -0.600. The van der Waals surface area contributed by atoms with Crippen LogP contribution in [0.2, 0.25) is 0 Å². The van der Waals surface area contributed by atoms with E-state index in [0.717, 1.165) is 19.5 Å². The summed E-state index contributed by atoms with van der Waals surface area (Å²) in [6.45, 7) is 4.48. The van der Waals surface area contributed by atoms with Gasteiger partial charge in [-0.3, -0.25) is 0 Å². The van der Waals surface area contributed by atoms with Gasteiger partial charge in [-0.25, -0.2) is 0 Å². The first-order valence-corrected chi connectivity index (χ1v) is 6.92. The molecule has 0 saturated carbocycles. The van der Waals surface area contributed by atoms with Crippen molar-refractivity contribution in [1.82, 2.24) is 10.6 Å². The van der Waals surface area contributed by atoms with E-state index in [9.17, 15) is 0 Å². The molecular formula is C15H28N2. The Morgan fingerprint density at radius 2 is 2.00 bits per heavy atom. The van der Waals surface area contributed by atoms with Crippen LogP contribution in [0, 0.1) is 0 Å². The first kappa shape index (κ1) is 14.5. The van der Waals surface area contributed by atoms with Gasteiger partial charge in [-0.1, -0.05) is 22.8 Å². The van der Waals surface area contributed by atoms with Gasteiger partial charge in [-0.2, -0.15) is 0 Å². The molecular weight excluding hydrogens is 208 g/mol. The van der Waals surface area contributed by atoms with Gasteiger partial charge in [0.05, 0.1) is 0 Å². The Bertz CT molecular complexity index is 277. The molecule has 0 saturated heterocycles. The zero-order valence-corrected chi connectivity index (χ0v) is 11.7. The van der Waals surface area contributed by atoms with E-state index in [1.807, 2.05) is 14.1 Å². The van der Waals surface area contributed by atoms with Crippen LogP contribution in [0.5, 0.6) is 0 Å². The summed E-state index contributed by atoms with van der Waals surface area (Å²) in [6, 6.07) is 0. The molecule has 2 heteroatoms. The third-order valence-corrected chi connectivity index (χ3v) is 3.61. The summed E-state index contributed by atoms with van der Waals surface area (Å²) in [6.07, 6.45) is 10.1. The number of hydrogen-bond acceptors (Lipinski definition) is 2. The molecule has 0 fully saturated rings. The average Bonchev–Trinajstić information content (AvgIpc) is 2.31. The van der Waals surface area contributed by atoms with Crippen LogP contribution < -0.4 is 10.6 Å². The largest absolute Gasteiger partial charge is 0.320 e. The Labute approximate surface area is 107 Å². The topological polar surface area (TPSA) is 24.1 Å². The molecule has 1 aliphatic carbocycles. The van der Waals surface area contributed by atoms with Gasteiger partial charge in [0.2, 0.25) is 0 Å². The molecule has 2 nitrogen and oxygen atoms in total. The van der Waals surface area contributed by atoms with Crippen LogP contribution in [-0.2, 0) is 0 Å². The summed E-state index contributed by atoms with van der Waals surface area (Å²) in [5.41, 5.74) is 4.87. The van der Waals surface area contributed by atoms with Crippen molar-refractivity contribution in [1.29, 1.82) is 0 Å². The van der Waals surface area contributed by atoms with Crippen molar-refractivity contribution in [3.63, 3.8) is 0 Å². The lowest BCUT2D eigenvalue weighted by Crippen LogP contribution is -2.12. The first-order chi connectivity index (χ1) is 8.27. The van der Waals surface area contributed by atoms with Crippen LogP contribution in [0.3, 0.4) is 0 Å². The van der Waals surface area contributed by atoms with Crippen molar-refractivity contribution in [2.75, 3.05) is 27.2 Å². The molecule has 0 aromatic rings. The summed E-state index contributed by atoms with van der Waals surface area (Å²) in [5, 5.41) is 6.51. The van der Waals surface area contributed by atoms with Gasteiger partial charge in [0.15, 0.2) is 0 Å². The van der Waals surface area contributed by atoms with Crippen molar-refractivity contribution < 1.29 is 0 Å². The van der Waals surface area contributed by atoms with Gasteiger partial charge in [0.25, 0.3) is 0 Å². The van der Waals surface area contributed by atoms with Crippen molar-refractivity contribution in [3.8, 4) is 0 Å². The monoisotopic (exact) mass is 236 g/mol. The third-order valence-electron chi connectivity index (χ3n) is 3.61. The highest BCUT2D eigenvalue weighted by molar-refractivity contribution is 5.21. The molecule has 0 unspecified atom stereocenters. The minimum absolute atomic E-state index is 1.05. The third kappa shape index (κ3) is 5.51. The molecule has 2 N–H and O–H groups in total. The zero-order chi connectivity index (χ0) is 12.5. The van der Waals surface area contributed by atoms with Crippen molar-refractivity contribution in [3.05, 3.63) is 22.8 Å². The van der Waals surface area contributed by atoms with E-state index >= 15 is 0 Å². The van der Waals surface area contributed by atoms with Gasteiger partial charge in [0.1, 0.15) is 0 Å². The zero-order valence-electron chi connectivity index (χ0n) is 11.7. The number of hydrogen-bond donors (Lipinski definition) is 2. The summed E-state index contributed by atoms with van der Waals surface area (Å²) in [5.74, 6) is 0. The lowest BCUT2D eigenvalue weighted by molar-refractivity contribution is 0.677. The van der Waals surface area contributed by atoms with Gasteiger partial charge in [-0.15, -0.1) is 0 Å². The first-order valence-electron chi connectivity index (χ1n) is 6.92. The van der Waals surface area contributed by atoms with E-state index in [2.05, 4.69) is 23.6 Å². The summed E-state index contributed by atoms with van der Waals surface area (Å²) < 4.78 is 0.